The number of carbonyl (C=O) groups is 2. The third kappa shape index (κ3) is 2.43. The smallest absolute Gasteiger partial charge is 0.321 e. The Labute approximate surface area is 123 Å². The molecule has 1 aromatic heterocycles. The topological polar surface area (TPSA) is 79.6 Å². The summed E-state index contributed by atoms with van der Waals surface area (Å²) in [7, 11) is 1.79. The normalized spacial score (nSPS) is 29.6. The molecule has 3 amide bonds. The minimum Gasteiger partial charge on any atom is -0.321 e. The molecule has 1 saturated heterocycles. The van der Waals surface area contributed by atoms with E-state index < -0.39 is 11.6 Å². The molecule has 1 aliphatic heterocycles. The fourth-order valence-corrected chi connectivity index (χ4v) is 2.94. The van der Waals surface area contributed by atoms with Crippen molar-refractivity contribution in [3.05, 3.63) is 18.0 Å². The molecular weight excluding hydrogens is 270 g/mol. The molecule has 0 radical (unpaired) electrons. The van der Waals surface area contributed by atoms with Crippen LogP contribution in [-0.2, 0) is 11.8 Å². The van der Waals surface area contributed by atoms with E-state index in [0.717, 1.165) is 23.4 Å². The van der Waals surface area contributed by atoms with Gasteiger partial charge in [0.25, 0.3) is 5.91 Å². The third-order valence-corrected chi connectivity index (χ3v) is 4.32. The highest BCUT2D eigenvalue weighted by Gasteiger charge is 2.52. The van der Waals surface area contributed by atoms with E-state index in [1.165, 1.54) is 6.21 Å². The number of hydrazone groups is 1. The predicted octanol–water partition coefficient (Wildman–Crippen LogP) is 1.25. The number of nitrogens with zero attached hydrogens (tertiary/aromatic N) is 4. The van der Waals surface area contributed by atoms with Crippen molar-refractivity contribution in [2.75, 3.05) is 0 Å². The average molecular weight is 289 g/mol. The molecule has 1 saturated carbocycles. The predicted molar refractivity (Wildman–Crippen MR) is 76.5 cm³/mol. The van der Waals surface area contributed by atoms with Crippen molar-refractivity contribution in [2.45, 2.75) is 38.1 Å². The van der Waals surface area contributed by atoms with Crippen molar-refractivity contribution in [2.24, 2.45) is 18.1 Å². The molecule has 1 aliphatic carbocycles. The lowest BCUT2D eigenvalue weighted by molar-refractivity contribution is -0.132. The fraction of sp³-hybridized carbons (Fsp3) is 0.571. The number of aromatic nitrogens is 2. The van der Waals surface area contributed by atoms with E-state index in [9.17, 15) is 9.59 Å². The van der Waals surface area contributed by atoms with Gasteiger partial charge < -0.3 is 5.32 Å². The van der Waals surface area contributed by atoms with Crippen LogP contribution in [0, 0.1) is 5.92 Å². The zero-order valence-electron chi connectivity index (χ0n) is 12.2. The maximum Gasteiger partial charge on any atom is 0.346 e. The number of rotatable bonds is 2. The number of aryl methyl sites for hydroxylation is 1. The molecule has 0 atom stereocenters. The Kier molecular flexibility index (Phi) is 3.27. The number of imide groups is 1. The van der Waals surface area contributed by atoms with Crippen LogP contribution in [0.4, 0.5) is 4.79 Å². The van der Waals surface area contributed by atoms with Gasteiger partial charge in [-0.1, -0.05) is 6.92 Å². The first kappa shape index (κ1) is 13.8. The number of urea groups is 1. The van der Waals surface area contributed by atoms with E-state index in [0.29, 0.717) is 18.8 Å². The van der Waals surface area contributed by atoms with Crippen molar-refractivity contribution in [1.82, 2.24) is 20.1 Å². The summed E-state index contributed by atoms with van der Waals surface area (Å²) in [6, 6.07) is -0.435. The van der Waals surface area contributed by atoms with E-state index in [1.54, 1.807) is 24.1 Å². The lowest BCUT2D eigenvalue weighted by Crippen LogP contribution is -2.49. The minimum absolute atomic E-state index is 0.237. The molecule has 112 valence electrons. The maximum absolute atomic E-state index is 12.5. The van der Waals surface area contributed by atoms with Crippen molar-refractivity contribution in [3.8, 4) is 0 Å². The Morgan fingerprint density at radius 1 is 1.43 bits per heavy atom. The highest BCUT2D eigenvalue weighted by atomic mass is 16.2. The van der Waals surface area contributed by atoms with Crippen molar-refractivity contribution >= 4 is 18.2 Å². The Balaban J connectivity index is 1.76. The second-order valence-electron chi connectivity index (χ2n) is 6.00. The largest absolute Gasteiger partial charge is 0.346 e. The number of amides is 3. The molecule has 0 bridgehead atoms. The first-order valence-corrected chi connectivity index (χ1v) is 7.19. The van der Waals surface area contributed by atoms with Crippen LogP contribution >= 0.6 is 0 Å². The molecule has 0 unspecified atom stereocenters. The van der Waals surface area contributed by atoms with Gasteiger partial charge in [0.15, 0.2) is 0 Å². The van der Waals surface area contributed by atoms with Gasteiger partial charge in [0, 0.05) is 18.8 Å². The van der Waals surface area contributed by atoms with Crippen LogP contribution in [0.25, 0.3) is 0 Å². The molecule has 7 heteroatoms. The first-order valence-electron chi connectivity index (χ1n) is 7.19. The van der Waals surface area contributed by atoms with Gasteiger partial charge in [-0.2, -0.15) is 10.2 Å². The second-order valence-corrected chi connectivity index (χ2v) is 6.00. The summed E-state index contributed by atoms with van der Waals surface area (Å²) in [5.74, 6) is 0.368. The van der Waals surface area contributed by atoms with E-state index in [1.807, 2.05) is 0 Å². The van der Waals surface area contributed by atoms with Gasteiger partial charge in [-0.05, 0) is 31.6 Å². The summed E-state index contributed by atoms with van der Waals surface area (Å²) in [6.45, 7) is 2.17. The zero-order valence-corrected chi connectivity index (χ0v) is 12.2. The Bertz CT molecular complexity index is 598. The molecule has 0 aromatic carbocycles. The van der Waals surface area contributed by atoms with Crippen LogP contribution in [0.5, 0.6) is 0 Å². The molecule has 2 aliphatic rings. The highest BCUT2D eigenvalue weighted by molar-refractivity contribution is 6.07. The maximum atomic E-state index is 12.5. The number of hydrogen-bond donors (Lipinski definition) is 1. The molecular formula is C14H19N5O2. The monoisotopic (exact) mass is 289 g/mol. The average Bonchev–Trinajstić information content (AvgIpc) is 2.96. The molecule has 3 rings (SSSR count). The van der Waals surface area contributed by atoms with Crippen LogP contribution < -0.4 is 5.32 Å². The summed E-state index contributed by atoms with van der Waals surface area (Å²) < 4.78 is 1.64. The molecule has 2 heterocycles. The van der Waals surface area contributed by atoms with Crippen LogP contribution in [0.1, 0.15) is 38.2 Å². The fourth-order valence-electron chi connectivity index (χ4n) is 2.94. The second kappa shape index (κ2) is 4.98. The van der Waals surface area contributed by atoms with Gasteiger partial charge in [-0.15, -0.1) is 5.01 Å². The molecule has 21 heavy (non-hydrogen) atoms. The summed E-state index contributed by atoms with van der Waals surface area (Å²) in [4.78, 5) is 24.6. The van der Waals surface area contributed by atoms with Crippen LogP contribution in [0.2, 0.25) is 0 Å². The summed E-state index contributed by atoms with van der Waals surface area (Å²) >= 11 is 0. The van der Waals surface area contributed by atoms with Crippen molar-refractivity contribution in [3.63, 3.8) is 0 Å². The van der Waals surface area contributed by atoms with Gasteiger partial charge in [0.1, 0.15) is 5.54 Å². The SMILES string of the molecule is CC1CCC2(CC1)NC(=O)N(/N=C/c1cnn(C)c1)C2=O. The van der Waals surface area contributed by atoms with Gasteiger partial charge in [-0.3, -0.25) is 9.48 Å². The highest BCUT2D eigenvalue weighted by Crippen LogP contribution is 2.36. The molecule has 1 N–H and O–H groups in total. The quantitative estimate of drug-likeness (QED) is 0.657. The van der Waals surface area contributed by atoms with Crippen LogP contribution in [0.3, 0.4) is 0 Å². The van der Waals surface area contributed by atoms with Gasteiger partial charge in [-0.25, -0.2) is 4.79 Å². The molecule has 1 spiro atoms. The number of nitrogens with one attached hydrogen (secondary N) is 1. The van der Waals surface area contributed by atoms with E-state index in [4.69, 9.17) is 0 Å². The van der Waals surface area contributed by atoms with Gasteiger partial charge in [0.2, 0.25) is 0 Å². The van der Waals surface area contributed by atoms with Crippen molar-refractivity contribution < 1.29 is 9.59 Å². The zero-order chi connectivity index (χ0) is 15.0. The van der Waals surface area contributed by atoms with Crippen LogP contribution in [0.15, 0.2) is 17.5 Å². The summed E-state index contributed by atoms with van der Waals surface area (Å²) in [5.41, 5.74) is 0.00638. The minimum atomic E-state index is -0.740. The summed E-state index contributed by atoms with van der Waals surface area (Å²) in [5, 5.41) is 11.8. The standard InChI is InChI=1S/C14H19N5O2/c1-10-3-5-14(6-4-10)12(20)19(13(21)17-14)16-8-11-7-15-18(2)9-11/h7-10H,3-6H2,1-2H3,(H,17,21)/b16-8+. The molecule has 1 aromatic rings. The lowest BCUT2D eigenvalue weighted by atomic mass is 9.77. The number of hydrogen-bond acceptors (Lipinski definition) is 4. The first-order chi connectivity index (χ1) is 10.00. The Hall–Kier alpha value is -2.18. The lowest BCUT2D eigenvalue weighted by Gasteiger charge is -2.33. The van der Waals surface area contributed by atoms with E-state index in [-0.39, 0.29) is 5.91 Å². The number of carbonyl (C=O) groups excluding carboxylic acids is 2. The summed E-state index contributed by atoms with van der Waals surface area (Å²) in [6.07, 6.45) is 8.16. The van der Waals surface area contributed by atoms with E-state index >= 15 is 0 Å². The Morgan fingerprint density at radius 3 is 2.76 bits per heavy atom. The van der Waals surface area contributed by atoms with Crippen molar-refractivity contribution in [1.29, 1.82) is 0 Å². The van der Waals surface area contributed by atoms with Gasteiger partial charge >= 0.3 is 6.03 Å². The van der Waals surface area contributed by atoms with E-state index in [2.05, 4.69) is 22.4 Å². The molecule has 2 fully saturated rings. The third-order valence-electron chi connectivity index (χ3n) is 4.32. The van der Waals surface area contributed by atoms with Crippen LogP contribution in [-0.4, -0.2) is 38.5 Å². The molecule has 7 nitrogen and oxygen atoms in total. The Morgan fingerprint density at radius 2 is 2.14 bits per heavy atom. The van der Waals surface area contributed by atoms with Gasteiger partial charge in [0.05, 0.1) is 12.4 Å².